The lowest BCUT2D eigenvalue weighted by atomic mass is 10.1. The smallest absolute Gasteiger partial charge is 0.324 e. The molecule has 0 aliphatic carbocycles. The van der Waals surface area contributed by atoms with Gasteiger partial charge in [-0.05, 0) is 55.2 Å². The summed E-state index contributed by atoms with van der Waals surface area (Å²) in [5.74, 6) is 0.828. The van der Waals surface area contributed by atoms with E-state index in [1.165, 1.54) is 5.56 Å². The van der Waals surface area contributed by atoms with Gasteiger partial charge in [0, 0.05) is 5.69 Å². The predicted octanol–water partition coefficient (Wildman–Crippen LogP) is 5.36. The highest BCUT2D eigenvalue weighted by atomic mass is 16.5. The number of nitrogens with one attached hydrogen (secondary N) is 1. The molecule has 0 radical (unpaired) electrons. The molecule has 0 spiro atoms. The maximum Gasteiger partial charge on any atom is 0.324 e. The van der Waals surface area contributed by atoms with E-state index in [0.717, 1.165) is 28.1 Å². The molecule has 4 nitrogen and oxygen atoms in total. The molecule has 3 aromatic rings. The molecule has 0 aliphatic rings. The standard InChI is InChI=1S/C24H26N2O2/c1-18-14-15-19(2)23(20(18)3)28-17-25-24(27)26(22-12-8-5-9-13-22)16-21-10-6-4-7-11-21/h4-15H,16-17H2,1-3H3,(H,25,27). The number of carbonyl (C=O) groups is 1. The number of nitrogens with zero attached hydrogens (tertiary/aromatic N) is 1. The maximum atomic E-state index is 12.9. The first-order valence-corrected chi connectivity index (χ1v) is 9.40. The van der Waals surface area contributed by atoms with Crippen molar-refractivity contribution >= 4 is 11.7 Å². The van der Waals surface area contributed by atoms with E-state index < -0.39 is 0 Å². The minimum atomic E-state index is -0.196. The zero-order chi connectivity index (χ0) is 19.9. The Bertz CT molecular complexity index is 924. The first-order valence-electron chi connectivity index (χ1n) is 9.40. The number of anilines is 1. The molecule has 28 heavy (non-hydrogen) atoms. The molecule has 0 saturated heterocycles. The van der Waals surface area contributed by atoms with E-state index in [1.54, 1.807) is 4.90 Å². The van der Waals surface area contributed by atoms with Crippen LogP contribution in [0.5, 0.6) is 5.75 Å². The highest BCUT2D eigenvalue weighted by molar-refractivity contribution is 5.91. The molecule has 0 aliphatic heterocycles. The third-order valence-corrected chi connectivity index (χ3v) is 4.81. The molecule has 2 amide bonds. The van der Waals surface area contributed by atoms with E-state index in [-0.39, 0.29) is 12.8 Å². The highest BCUT2D eigenvalue weighted by Crippen LogP contribution is 2.25. The molecule has 0 heterocycles. The number of rotatable bonds is 6. The van der Waals surface area contributed by atoms with Gasteiger partial charge in [-0.25, -0.2) is 4.79 Å². The Morgan fingerprint density at radius 2 is 1.46 bits per heavy atom. The topological polar surface area (TPSA) is 41.6 Å². The van der Waals surface area contributed by atoms with Gasteiger partial charge in [0.15, 0.2) is 6.73 Å². The Morgan fingerprint density at radius 1 is 0.857 bits per heavy atom. The number of ether oxygens (including phenoxy) is 1. The molecule has 0 unspecified atom stereocenters. The number of aryl methyl sites for hydroxylation is 2. The minimum Gasteiger partial charge on any atom is -0.473 e. The van der Waals surface area contributed by atoms with Gasteiger partial charge in [-0.2, -0.15) is 0 Å². The van der Waals surface area contributed by atoms with E-state index in [9.17, 15) is 4.79 Å². The lowest BCUT2D eigenvalue weighted by Crippen LogP contribution is -2.41. The monoisotopic (exact) mass is 374 g/mol. The van der Waals surface area contributed by atoms with Crippen molar-refractivity contribution in [2.75, 3.05) is 11.6 Å². The summed E-state index contributed by atoms with van der Waals surface area (Å²) in [6.45, 7) is 6.69. The average molecular weight is 374 g/mol. The molecule has 3 rings (SSSR count). The van der Waals surface area contributed by atoms with E-state index >= 15 is 0 Å². The Hall–Kier alpha value is -3.27. The maximum absolute atomic E-state index is 12.9. The molecule has 144 valence electrons. The van der Waals surface area contributed by atoms with Gasteiger partial charge in [0.25, 0.3) is 0 Å². The zero-order valence-corrected chi connectivity index (χ0v) is 16.6. The van der Waals surface area contributed by atoms with Crippen molar-refractivity contribution in [1.82, 2.24) is 5.32 Å². The van der Waals surface area contributed by atoms with Crippen LogP contribution in [0, 0.1) is 20.8 Å². The van der Waals surface area contributed by atoms with Gasteiger partial charge < -0.3 is 10.1 Å². The third-order valence-electron chi connectivity index (χ3n) is 4.81. The van der Waals surface area contributed by atoms with Gasteiger partial charge in [-0.3, -0.25) is 4.90 Å². The number of carbonyl (C=O) groups excluding carboxylic acids is 1. The van der Waals surface area contributed by atoms with Gasteiger partial charge >= 0.3 is 6.03 Å². The SMILES string of the molecule is Cc1ccc(C)c(OCNC(=O)N(Cc2ccccc2)c2ccccc2)c1C. The fourth-order valence-corrected chi connectivity index (χ4v) is 3.07. The number of hydrogen-bond acceptors (Lipinski definition) is 2. The van der Waals surface area contributed by atoms with Crippen molar-refractivity contribution in [1.29, 1.82) is 0 Å². The van der Waals surface area contributed by atoms with Gasteiger partial charge in [0.2, 0.25) is 0 Å². The van der Waals surface area contributed by atoms with Gasteiger partial charge in [-0.1, -0.05) is 60.7 Å². The van der Waals surface area contributed by atoms with Crippen molar-refractivity contribution in [2.45, 2.75) is 27.3 Å². The first-order chi connectivity index (χ1) is 13.6. The average Bonchev–Trinajstić information content (AvgIpc) is 2.73. The van der Waals surface area contributed by atoms with Gasteiger partial charge in [0.05, 0.1) is 6.54 Å². The molecule has 1 N–H and O–H groups in total. The fourth-order valence-electron chi connectivity index (χ4n) is 3.07. The molecule has 0 saturated carbocycles. The summed E-state index contributed by atoms with van der Waals surface area (Å²) in [6, 6.07) is 23.5. The van der Waals surface area contributed by atoms with Crippen LogP contribution in [0.4, 0.5) is 10.5 Å². The van der Waals surface area contributed by atoms with Crippen LogP contribution in [-0.4, -0.2) is 12.8 Å². The fraction of sp³-hybridized carbons (Fsp3) is 0.208. The van der Waals surface area contributed by atoms with Crippen LogP contribution < -0.4 is 15.0 Å². The number of amides is 2. The largest absolute Gasteiger partial charge is 0.473 e. The Morgan fingerprint density at radius 3 is 2.14 bits per heavy atom. The highest BCUT2D eigenvalue weighted by Gasteiger charge is 2.16. The summed E-state index contributed by atoms with van der Waals surface area (Å²) >= 11 is 0. The second-order valence-corrected chi connectivity index (χ2v) is 6.83. The predicted molar refractivity (Wildman–Crippen MR) is 114 cm³/mol. The van der Waals surface area contributed by atoms with Crippen LogP contribution in [-0.2, 0) is 6.54 Å². The Labute approximate surface area is 166 Å². The van der Waals surface area contributed by atoms with E-state index in [4.69, 9.17) is 4.74 Å². The second kappa shape index (κ2) is 9.09. The van der Waals surface area contributed by atoms with Crippen LogP contribution in [0.2, 0.25) is 0 Å². The van der Waals surface area contributed by atoms with Crippen LogP contribution in [0.15, 0.2) is 72.8 Å². The van der Waals surface area contributed by atoms with Gasteiger partial charge in [0.1, 0.15) is 5.75 Å². The van der Waals surface area contributed by atoms with Gasteiger partial charge in [-0.15, -0.1) is 0 Å². The van der Waals surface area contributed by atoms with Crippen molar-refractivity contribution in [3.63, 3.8) is 0 Å². The normalized spacial score (nSPS) is 10.4. The molecule has 0 aromatic heterocycles. The summed E-state index contributed by atoms with van der Waals surface area (Å²) < 4.78 is 5.90. The summed E-state index contributed by atoms with van der Waals surface area (Å²) in [7, 11) is 0. The quantitative estimate of drug-likeness (QED) is 0.590. The number of para-hydroxylation sites is 1. The van der Waals surface area contributed by atoms with Crippen LogP contribution in [0.25, 0.3) is 0 Å². The van der Waals surface area contributed by atoms with Crippen molar-refractivity contribution in [3.05, 3.63) is 95.1 Å². The van der Waals surface area contributed by atoms with Crippen molar-refractivity contribution in [3.8, 4) is 5.75 Å². The number of hydrogen-bond donors (Lipinski definition) is 1. The summed E-state index contributed by atoms with van der Waals surface area (Å²) in [5.41, 5.74) is 5.22. The molecular weight excluding hydrogens is 348 g/mol. The van der Waals surface area contributed by atoms with Crippen molar-refractivity contribution < 1.29 is 9.53 Å². The minimum absolute atomic E-state index is 0.113. The Balaban J connectivity index is 1.71. The van der Waals surface area contributed by atoms with E-state index in [2.05, 4.69) is 18.3 Å². The second-order valence-electron chi connectivity index (χ2n) is 6.83. The lowest BCUT2D eigenvalue weighted by molar-refractivity contribution is 0.228. The van der Waals surface area contributed by atoms with Crippen LogP contribution in [0.1, 0.15) is 22.3 Å². The third kappa shape index (κ3) is 4.71. The molecule has 0 atom stereocenters. The number of benzene rings is 3. The van der Waals surface area contributed by atoms with Crippen molar-refractivity contribution in [2.24, 2.45) is 0 Å². The lowest BCUT2D eigenvalue weighted by Gasteiger charge is -2.24. The first kappa shape index (κ1) is 19.5. The zero-order valence-electron chi connectivity index (χ0n) is 16.6. The molecule has 4 heteroatoms. The molecule has 3 aromatic carbocycles. The molecular formula is C24H26N2O2. The molecule has 0 bridgehead atoms. The Kier molecular flexibility index (Phi) is 6.33. The van der Waals surface area contributed by atoms with E-state index in [1.807, 2.05) is 80.6 Å². The van der Waals surface area contributed by atoms with E-state index in [0.29, 0.717) is 6.54 Å². The van der Waals surface area contributed by atoms with Crippen LogP contribution in [0.3, 0.4) is 0 Å². The summed E-state index contributed by atoms with van der Waals surface area (Å²) in [6.07, 6.45) is 0. The summed E-state index contributed by atoms with van der Waals surface area (Å²) in [4.78, 5) is 14.6. The number of urea groups is 1. The summed E-state index contributed by atoms with van der Waals surface area (Å²) in [5, 5.41) is 2.89. The van der Waals surface area contributed by atoms with Crippen LogP contribution >= 0.6 is 0 Å². The molecule has 0 fully saturated rings.